The van der Waals surface area contributed by atoms with Gasteiger partial charge in [0.05, 0.1) is 0 Å². The van der Waals surface area contributed by atoms with Crippen LogP contribution >= 0.6 is 54.7 Å². The van der Waals surface area contributed by atoms with Gasteiger partial charge in [-0.2, -0.15) is 0 Å². The molecule has 0 saturated carbocycles. The zero-order valence-corrected chi connectivity index (χ0v) is 7.94. The van der Waals surface area contributed by atoms with E-state index in [9.17, 15) is 0 Å². The highest BCUT2D eigenvalue weighted by atomic mass is 127. The molecule has 0 aromatic carbocycles. The van der Waals surface area contributed by atoms with E-state index in [0.29, 0.717) is 0 Å². The van der Waals surface area contributed by atoms with E-state index in [-0.39, 0.29) is 0 Å². The topological polar surface area (TPSA) is 0 Å². The fourth-order valence-electron chi connectivity index (χ4n) is 0. The van der Waals surface area contributed by atoms with Gasteiger partial charge in [0.2, 0.25) is 0 Å². The Labute approximate surface area is 57.0 Å². The third-order valence-electron chi connectivity index (χ3n) is 0. The summed E-state index contributed by atoms with van der Waals surface area (Å²) in [6.45, 7) is 0. The molecule has 0 aromatic rings. The summed E-state index contributed by atoms with van der Waals surface area (Å²) in [6, 6.07) is 0. The van der Waals surface area contributed by atoms with Gasteiger partial charge in [-0.15, -0.1) is 11.1 Å². The predicted molar refractivity (Wildman–Crippen MR) is 41.0 cm³/mol. The second-order valence-electron chi connectivity index (χ2n) is 0.247. The van der Waals surface area contributed by atoms with Crippen molar-refractivity contribution in [3.8, 4) is 0 Å². The van der Waals surface area contributed by atoms with Gasteiger partial charge in [-0.05, 0) is 0 Å². The first-order valence-corrected chi connectivity index (χ1v) is 10.7. The van der Waals surface area contributed by atoms with E-state index in [4.69, 9.17) is 11.1 Å². The monoisotopic (exact) mass is 318 g/mol. The predicted octanol–water partition coefficient (Wildman–Crippen LogP) is 1.81. The molecule has 0 aliphatic heterocycles. The van der Waals surface area contributed by atoms with Gasteiger partial charge in [0, 0.05) is 0 Å². The maximum atomic E-state index is 5.39. The molecule has 26 valence electrons. The summed E-state index contributed by atoms with van der Waals surface area (Å²) in [5.41, 5.74) is 0. The number of rotatable bonds is 0. The van der Waals surface area contributed by atoms with Gasteiger partial charge in [0.25, 0.3) is 3.10 Å². The molecule has 0 heterocycles. The van der Waals surface area contributed by atoms with Crippen molar-refractivity contribution in [2.75, 3.05) is 0 Å². The van der Waals surface area contributed by atoms with Gasteiger partial charge in [-0.3, -0.25) is 0 Å². The Balaban J connectivity index is 2.32. The molecule has 4 heteroatoms. The van der Waals surface area contributed by atoms with Gasteiger partial charge in [0.1, 0.15) is 0 Å². The Morgan fingerprint density at radius 2 is 1.50 bits per heavy atom. The summed E-state index contributed by atoms with van der Waals surface area (Å²) in [7, 11) is 0. The summed E-state index contributed by atoms with van der Waals surface area (Å²) in [4.78, 5) is 0. The quantitative estimate of drug-likeness (QED) is 0.363. The Bertz CT molecular complexity index is 10.8. The van der Waals surface area contributed by atoms with Crippen LogP contribution in [-0.4, -0.2) is 3.10 Å². The molecule has 0 amide bonds. The largest absolute Gasteiger partial charge is 0.268 e. The third kappa shape index (κ3) is 9.03. The molecule has 0 spiro atoms. The first kappa shape index (κ1) is 5.97. The van der Waals surface area contributed by atoms with Crippen LogP contribution < -0.4 is 0 Å². The molecule has 0 aliphatic carbocycles. The fraction of sp³-hybridized carbons (Fsp3) is 0. The van der Waals surface area contributed by atoms with E-state index < -0.39 is 3.10 Å². The minimum Gasteiger partial charge on any atom is -0.144 e. The molecule has 0 saturated heterocycles. The summed E-state index contributed by atoms with van der Waals surface area (Å²) >= 11 is 9.86. The lowest BCUT2D eigenvalue weighted by atomic mass is 27.9. The van der Waals surface area contributed by atoms with Gasteiger partial charge in [0.15, 0.2) is 0 Å². The minimum atomic E-state index is -0.727. The molecular formula is HClI2Si. The summed E-state index contributed by atoms with van der Waals surface area (Å²) in [6.07, 6.45) is 0. The highest BCUT2D eigenvalue weighted by molar-refractivity contribution is 14.3. The summed E-state index contributed by atoms with van der Waals surface area (Å²) < 4.78 is -0.727. The van der Waals surface area contributed by atoms with Crippen molar-refractivity contribution >= 4 is 57.8 Å². The molecule has 0 fully saturated rings. The Hall–Kier alpha value is 1.97. The molecule has 0 radical (unpaired) electrons. The molecule has 0 rings (SSSR count). The zero-order chi connectivity index (χ0) is 3.58. The lowest BCUT2D eigenvalue weighted by Gasteiger charge is -1.66. The van der Waals surface area contributed by atoms with Gasteiger partial charge in [-0.1, -0.05) is 43.6 Å². The molecular weight excluding hydrogens is 317 g/mol. The van der Waals surface area contributed by atoms with Gasteiger partial charge in [-0.25, -0.2) is 0 Å². The summed E-state index contributed by atoms with van der Waals surface area (Å²) in [5.74, 6) is 0. The van der Waals surface area contributed by atoms with Crippen molar-refractivity contribution in [2.45, 2.75) is 0 Å². The Kier molecular flexibility index (Phi) is 4.73. The van der Waals surface area contributed by atoms with Crippen LogP contribution in [0.1, 0.15) is 0 Å². The van der Waals surface area contributed by atoms with E-state index in [1.807, 2.05) is 0 Å². The van der Waals surface area contributed by atoms with Crippen molar-refractivity contribution in [3.63, 3.8) is 0 Å². The molecule has 0 aromatic heterocycles. The van der Waals surface area contributed by atoms with Crippen LogP contribution in [0.25, 0.3) is 0 Å². The number of hydrogen-bond acceptors (Lipinski definition) is 0. The van der Waals surface area contributed by atoms with Crippen molar-refractivity contribution < 1.29 is 0 Å². The second-order valence-corrected chi connectivity index (χ2v) is 21.1. The van der Waals surface area contributed by atoms with Crippen LogP contribution in [0.2, 0.25) is 0 Å². The molecule has 0 unspecified atom stereocenters. The van der Waals surface area contributed by atoms with Crippen molar-refractivity contribution in [3.05, 3.63) is 0 Å². The van der Waals surface area contributed by atoms with Crippen LogP contribution in [0.4, 0.5) is 0 Å². The SMILES string of the molecule is Cl[SiH](I)I. The average Bonchev–Trinajstić information content (AvgIpc) is 0.811. The van der Waals surface area contributed by atoms with E-state index in [1.165, 1.54) is 0 Å². The number of hydrogen-bond donors (Lipinski definition) is 0. The van der Waals surface area contributed by atoms with Crippen molar-refractivity contribution in [2.24, 2.45) is 0 Å². The van der Waals surface area contributed by atoms with Crippen molar-refractivity contribution in [1.29, 1.82) is 0 Å². The Morgan fingerprint density at radius 3 is 1.50 bits per heavy atom. The zero-order valence-electron chi connectivity index (χ0n) is 1.71. The first-order valence-electron chi connectivity index (χ1n) is 0.655. The van der Waals surface area contributed by atoms with Gasteiger partial charge < -0.3 is 0 Å². The van der Waals surface area contributed by atoms with Crippen LogP contribution in [0.3, 0.4) is 0 Å². The Morgan fingerprint density at radius 1 is 1.50 bits per heavy atom. The van der Waals surface area contributed by atoms with E-state index in [0.717, 1.165) is 0 Å². The molecule has 0 nitrogen and oxygen atoms in total. The smallest absolute Gasteiger partial charge is 0.144 e. The van der Waals surface area contributed by atoms with Crippen LogP contribution in [0.5, 0.6) is 0 Å². The molecule has 0 bridgehead atoms. The highest BCUT2D eigenvalue weighted by Crippen LogP contribution is 2.06. The number of halogens is 3. The minimum absolute atomic E-state index is 0.727. The normalized spacial score (nSPS) is 9.00. The van der Waals surface area contributed by atoms with E-state index in [1.54, 1.807) is 0 Å². The molecule has 0 aliphatic rings. The highest BCUT2D eigenvalue weighted by Gasteiger charge is 1.82. The molecule has 4 heavy (non-hydrogen) atoms. The lowest BCUT2D eigenvalue weighted by Crippen LogP contribution is -1.61. The van der Waals surface area contributed by atoms with Crippen LogP contribution in [0, 0.1) is 0 Å². The second kappa shape index (κ2) is 3.17. The van der Waals surface area contributed by atoms with E-state index >= 15 is 0 Å². The lowest BCUT2D eigenvalue weighted by molar-refractivity contribution is 4.68. The van der Waals surface area contributed by atoms with Crippen LogP contribution in [0.15, 0.2) is 0 Å². The first-order chi connectivity index (χ1) is 1.73. The molecule has 0 N–H and O–H groups in total. The molecule has 0 atom stereocenters. The average molecular weight is 318 g/mol. The van der Waals surface area contributed by atoms with Crippen LogP contribution in [-0.2, 0) is 0 Å². The maximum Gasteiger partial charge on any atom is 0.268 e. The standard InChI is InChI=1S/ClHI2Si/c1-4(2)3/h4H. The third-order valence-corrected chi connectivity index (χ3v) is 0. The van der Waals surface area contributed by atoms with Crippen molar-refractivity contribution in [1.82, 2.24) is 0 Å². The fourth-order valence-corrected chi connectivity index (χ4v) is 0. The summed E-state index contributed by atoms with van der Waals surface area (Å²) in [5, 5.41) is 0. The van der Waals surface area contributed by atoms with Gasteiger partial charge >= 0.3 is 0 Å². The maximum absolute atomic E-state index is 5.39. The van der Waals surface area contributed by atoms with E-state index in [2.05, 4.69) is 43.6 Å².